The molecule has 3 aliphatic rings. The molecule has 3 rings (SSSR count). The van der Waals surface area contributed by atoms with Crippen molar-refractivity contribution < 1.29 is 62.9 Å². The number of rotatable bonds is 2. The third kappa shape index (κ3) is 4.00. The Kier molecular flexibility index (Phi) is 6.30. The number of halogens is 12. The maximum atomic E-state index is 13.2. The molecular formula is C19H22F12O2. The zero-order valence-electron chi connectivity index (χ0n) is 16.8. The van der Waals surface area contributed by atoms with Crippen molar-refractivity contribution in [2.45, 2.75) is 80.9 Å². The van der Waals surface area contributed by atoms with E-state index in [1.807, 2.05) is 0 Å². The van der Waals surface area contributed by atoms with Gasteiger partial charge in [-0.3, -0.25) is 0 Å². The summed E-state index contributed by atoms with van der Waals surface area (Å²) >= 11 is 0. The lowest BCUT2D eigenvalue weighted by atomic mass is 9.64. The fourth-order valence-electron chi connectivity index (χ4n) is 6.64. The Hall–Kier alpha value is -0.920. The molecule has 0 bridgehead atoms. The van der Waals surface area contributed by atoms with Crippen LogP contribution in [0.5, 0.6) is 0 Å². The minimum atomic E-state index is -6.00. The summed E-state index contributed by atoms with van der Waals surface area (Å²) in [6.45, 7) is 0. The second-order valence-corrected chi connectivity index (χ2v) is 9.63. The molecule has 0 aromatic rings. The molecule has 0 saturated heterocycles. The third-order valence-electron chi connectivity index (χ3n) is 8.15. The van der Waals surface area contributed by atoms with Crippen molar-refractivity contribution >= 4 is 0 Å². The Labute approximate surface area is 180 Å². The number of hydrogen-bond donors (Lipinski definition) is 2. The van der Waals surface area contributed by atoms with Gasteiger partial charge in [0.2, 0.25) is 0 Å². The molecule has 33 heavy (non-hydrogen) atoms. The highest BCUT2D eigenvalue weighted by Crippen LogP contribution is 2.62. The van der Waals surface area contributed by atoms with Crippen LogP contribution in [0.15, 0.2) is 0 Å². The summed E-state index contributed by atoms with van der Waals surface area (Å²) in [5, 5.41) is 19.4. The van der Waals surface area contributed by atoms with Crippen LogP contribution in [-0.2, 0) is 0 Å². The van der Waals surface area contributed by atoms with E-state index in [-0.39, 0.29) is 19.3 Å². The van der Waals surface area contributed by atoms with Crippen molar-refractivity contribution in [2.75, 3.05) is 0 Å². The number of hydrogen-bond acceptors (Lipinski definition) is 2. The molecule has 3 fully saturated rings. The van der Waals surface area contributed by atoms with E-state index in [1.165, 1.54) is 0 Å². The van der Waals surface area contributed by atoms with E-state index in [4.69, 9.17) is 0 Å². The van der Waals surface area contributed by atoms with Crippen LogP contribution in [0.2, 0.25) is 0 Å². The van der Waals surface area contributed by atoms with Crippen LogP contribution in [0.3, 0.4) is 0 Å². The van der Waals surface area contributed by atoms with Crippen LogP contribution in [0.4, 0.5) is 52.7 Å². The molecule has 0 heterocycles. The van der Waals surface area contributed by atoms with E-state index in [0.29, 0.717) is 0 Å². The molecule has 2 nitrogen and oxygen atoms in total. The average molecular weight is 510 g/mol. The zero-order valence-corrected chi connectivity index (χ0v) is 16.8. The van der Waals surface area contributed by atoms with Gasteiger partial charge in [0.15, 0.2) is 0 Å². The van der Waals surface area contributed by atoms with Crippen LogP contribution >= 0.6 is 0 Å². The predicted octanol–water partition coefficient (Wildman–Crippen LogP) is 6.17. The van der Waals surface area contributed by atoms with Gasteiger partial charge < -0.3 is 10.2 Å². The van der Waals surface area contributed by atoms with Gasteiger partial charge in [-0.1, -0.05) is 0 Å². The topological polar surface area (TPSA) is 40.5 Å². The van der Waals surface area contributed by atoms with Gasteiger partial charge in [0.05, 0.1) is 0 Å². The van der Waals surface area contributed by atoms with Gasteiger partial charge >= 0.3 is 24.7 Å². The summed E-state index contributed by atoms with van der Waals surface area (Å²) in [5.41, 5.74) is -9.90. The van der Waals surface area contributed by atoms with E-state index in [0.717, 1.165) is 0 Å². The predicted molar refractivity (Wildman–Crippen MR) is 87.4 cm³/mol. The molecule has 0 amide bonds. The highest BCUT2D eigenvalue weighted by atomic mass is 19.4. The van der Waals surface area contributed by atoms with Gasteiger partial charge in [-0.05, 0) is 68.6 Å². The summed E-state index contributed by atoms with van der Waals surface area (Å²) in [4.78, 5) is 0. The van der Waals surface area contributed by atoms with Crippen LogP contribution in [0.25, 0.3) is 0 Å². The highest BCUT2D eigenvalue weighted by Gasteiger charge is 2.76. The molecule has 194 valence electrons. The first-order valence-electron chi connectivity index (χ1n) is 10.4. The molecule has 0 aromatic heterocycles. The van der Waals surface area contributed by atoms with E-state index >= 15 is 0 Å². The summed E-state index contributed by atoms with van der Waals surface area (Å²) in [6, 6.07) is 0. The molecule has 6 atom stereocenters. The van der Waals surface area contributed by atoms with E-state index < -0.39 is 97.1 Å². The van der Waals surface area contributed by atoms with Crippen molar-refractivity contribution in [3.63, 3.8) is 0 Å². The lowest BCUT2D eigenvalue weighted by molar-refractivity contribution is -0.389. The van der Waals surface area contributed by atoms with Crippen LogP contribution in [-0.4, -0.2) is 46.1 Å². The Balaban J connectivity index is 1.81. The average Bonchev–Trinajstić information content (AvgIpc) is 2.99. The van der Waals surface area contributed by atoms with Crippen molar-refractivity contribution in [1.29, 1.82) is 0 Å². The van der Waals surface area contributed by atoms with Gasteiger partial charge in [0.25, 0.3) is 11.2 Å². The van der Waals surface area contributed by atoms with Crippen molar-refractivity contribution in [2.24, 2.45) is 35.5 Å². The first-order valence-corrected chi connectivity index (χ1v) is 10.4. The lowest BCUT2D eigenvalue weighted by Crippen LogP contribution is -2.62. The quantitative estimate of drug-likeness (QED) is 0.437. The molecule has 0 radical (unpaired) electrons. The summed E-state index contributed by atoms with van der Waals surface area (Å²) < 4.78 is 159. The van der Waals surface area contributed by atoms with Gasteiger partial charge in [0, 0.05) is 11.8 Å². The van der Waals surface area contributed by atoms with Gasteiger partial charge in [0.1, 0.15) is 0 Å². The molecular weight excluding hydrogens is 488 g/mol. The maximum Gasteiger partial charge on any atom is 0.426 e. The SMILES string of the molecule is OC(C1CCC2C(CC3CC(C(O)(C(F)(F)F)C(F)(F)F)CC[C@H]32)C1)(C(F)(F)F)C(F)(F)F. The standard InChI is InChI=1S/C19H22F12O2/c20-16(21,22)14(32,17(23,24)25)10-1-3-12-8(6-10)5-9-7-11(2-4-13(9)12)15(33,18(26,27)28)19(29,30)31/h8-13,32-33H,1-7H2/t8?,9?,10?,11?,12-,13?/m1/s1. The summed E-state index contributed by atoms with van der Waals surface area (Å²) in [5.74, 6) is -6.98. The minimum Gasteiger partial charge on any atom is -0.373 e. The van der Waals surface area contributed by atoms with Crippen LogP contribution in [0.1, 0.15) is 44.9 Å². The minimum absolute atomic E-state index is 0.153. The van der Waals surface area contributed by atoms with Crippen molar-refractivity contribution in [3.05, 3.63) is 0 Å². The van der Waals surface area contributed by atoms with Gasteiger partial charge in [-0.25, -0.2) is 0 Å². The fraction of sp³-hybridized carbons (Fsp3) is 1.00. The first-order chi connectivity index (χ1) is 14.7. The third-order valence-corrected chi connectivity index (χ3v) is 8.15. The van der Waals surface area contributed by atoms with E-state index in [9.17, 15) is 62.9 Å². The van der Waals surface area contributed by atoms with Crippen LogP contribution in [0, 0.1) is 35.5 Å². The molecule has 3 aliphatic carbocycles. The summed E-state index contributed by atoms with van der Waals surface area (Å²) in [7, 11) is 0. The highest BCUT2D eigenvalue weighted by molar-refractivity contribution is 5.08. The largest absolute Gasteiger partial charge is 0.426 e. The Morgan fingerprint density at radius 3 is 0.939 bits per heavy atom. The molecule has 14 heteroatoms. The number of fused-ring (bicyclic) bond motifs is 3. The number of alkyl halides is 12. The first kappa shape index (κ1) is 26.7. The van der Waals surface area contributed by atoms with E-state index in [2.05, 4.69) is 0 Å². The fourth-order valence-corrected chi connectivity index (χ4v) is 6.64. The molecule has 2 N–H and O–H groups in total. The lowest BCUT2D eigenvalue weighted by Gasteiger charge is -2.45. The molecule has 5 unspecified atom stereocenters. The Morgan fingerprint density at radius 1 is 0.424 bits per heavy atom. The normalized spacial score (nSPS) is 34.7. The molecule has 0 aromatic carbocycles. The Morgan fingerprint density at radius 2 is 0.697 bits per heavy atom. The van der Waals surface area contributed by atoms with Crippen molar-refractivity contribution in [1.82, 2.24) is 0 Å². The zero-order chi connectivity index (χ0) is 25.4. The number of aliphatic hydroxyl groups is 2. The maximum absolute atomic E-state index is 13.2. The molecule has 3 saturated carbocycles. The summed E-state index contributed by atoms with van der Waals surface area (Å²) in [6.07, 6.45) is -27.1. The van der Waals surface area contributed by atoms with Gasteiger partial charge in [-0.15, -0.1) is 0 Å². The smallest absolute Gasteiger partial charge is 0.373 e. The second-order valence-electron chi connectivity index (χ2n) is 9.63. The second kappa shape index (κ2) is 7.79. The molecule has 0 spiro atoms. The van der Waals surface area contributed by atoms with Crippen LogP contribution < -0.4 is 0 Å². The van der Waals surface area contributed by atoms with Crippen molar-refractivity contribution in [3.8, 4) is 0 Å². The molecule has 0 aliphatic heterocycles. The van der Waals surface area contributed by atoms with Gasteiger partial charge in [-0.2, -0.15) is 52.7 Å². The van der Waals surface area contributed by atoms with E-state index in [1.54, 1.807) is 0 Å². The Bertz CT molecular complexity index is 634. The monoisotopic (exact) mass is 510 g/mol.